The van der Waals surface area contributed by atoms with Gasteiger partial charge in [0.25, 0.3) is 5.91 Å². The Kier molecular flexibility index (Phi) is 3.94. The number of hydroxylamine groups is 2. The third-order valence-corrected chi connectivity index (χ3v) is 6.11. The molecule has 2 atom stereocenters. The Labute approximate surface area is 145 Å². The Balaban J connectivity index is 1.52. The van der Waals surface area contributed by atoms with Crippen LogP contribution in [0.25, 0.3) is 0 Å². The van der Waals surface area contributed by atoms with Crippen molar-refractivity contribution in [3.63, 3.8) is 0 Å². The number of rotatable bonds is 4. The van der Waals surface area contributed by atoms with Crippen LogP contribution in [0.2, 0.25) is 0 Å². The molecule has 3 heterocycles. The molecule has 2 bridgehead atoms. The van der Waals surface area contributed by atoms with Gasteiger partial charge in [0, 0.05) is 19.6 Å². The summed E-state index contributed by atoms with van der Waals surface area (Å²) in [6, 6.07) is -1.80. The summed E-state index contributed by atoms with van der Waals surface area (Å²) in [5.41, 5.74) is 2.59. The van der Waals surface area contributed by atoms with Gasteiger partial charge in [-0.2, -0.15) is 13.5 Å². The fraction of sp³-hybridized carbons (Fsp3) is 0.857. The van der Waals surface area contributed by atoms with Crippen LogP contribution in [0.3, 0.4) is 0 Å². The standard InChI is InChI=1S/C14H22N4O6S/c19-12(15-16-6-2-1-3-7-16)10-8-14(4-5-14)11-9-17(10)13(20)18(11)24-25(21,22)23/h10-11H,1-9H2,(H,15,19)(H,21,22,23). The molecule has 0 aromatic carbocycles. The third-order valence-electron chi connectivity index (χ3n) is 5.76. The highest BCUT2D eigenvalue weighted by Crippen LogP contribution is 2.59. The highest BCUT2D eigenvalue weighted by molar-refractivity contribution is 7.80. The van der Waals surface area contributed by atoms with Crippen molar-refractivity contribution < 1.29 is 26.8 Å². The molecule has 10 nitrogen and oxygen atoms in total. The molecular formula is C14H22N4O6S. The first-order valence-corrected chi connectivity index (χ1v) is 9.98. The van der Waals surface area contributed by atoms with E-state index in [1.807, 2.05) is 5.01 Å². The summed E-state index contributed by atoms with van der Waals surface area (Å²) in [4.78, 5) is 26.6. The van der Waals surface area contributed by atoms with Gasteiger partial charge in [0.1, 0.15) is 6.04 Å². The van der Waals surface area contributed by atoms with Crippen molar-refractivity contribution >= 4 is 22.3 Å². The number of hydrogen-bond acceptors (Lipinski definition) is 6. The fourth-order valence-electron chi connectivity index (χ4n) is 4.29. The highest BCUT2D eigenvalue weighted by Gasteiger charge is 2.65. The zero-order valence-electron chi connectivity index (χ0n) is 13.8. The number of carbonyl (C=O) groups is 2. The quantitative estimate of drug-likeness (QED) is 0.659. The van der Waals surface area contributed by atoms with E-state index in [-0.39, 0.29) is 17.9 Å². The largest absolute Gasteiger partial charge is 0.418 e. The lowest BCUT2D eigenvalue weighted by Gasteiger charge is -2.37. The molecule has 25 heavy (non-hydrogen) atoms. The molecule has 4 aliphatic rings. The van der Waals surface area contributed by atoms with Gasteiger partial charge >= 0.3 is 16.4 Å². The van der Waals surface area contributed by atoms with Crippen molar-refractivity contribution in [2.24, 2.45) is 5.41 Å². The number of fused-ring (bicyclic) bond motifs is 3. The van der Waals surface area contributed by atoms with Crippen LogP contribution in [-0.4, -0.2) is 71.6 Å². The molecule has 0 aromatic rings. The minimum absolute atomic E-state index is 0.229. The van der Waals surface area contributed by atoms with Gasteiger partial charge in [-0.15, -0.1) is 4.28 Å². The van der Waals surface area contributed by atoms with E-state index >= 15 is 0 Å². The highest BCUT2D eigenvalue weighted by atomic mass is 32.3. The van der Waals surface area contributed by atoms with Crippen LogP contribution >= 0.6 is 0 Å². The number of amides is 3. The first-order valence-electron chi connectivity index (χ1n) is 8.61. The molecule has 0 radical (unpaired) electrons. The monoisotopic (exact) mass is 374 g/mol. The van der Waals surface area contributed by atoms with Crippen molar-refractivity contribution in [3.05, 3.63) is 0 Å². The van der Waals surface area contributed by atoms with Crippen LogP contribution in [0.1, 0.15) is 38.5 Å². The van der Waals surface area contributed by atoms with Gasteiger partial charge in [-0.3, -0.25) is 14.8 Å². The first kappa shape index (κ1) is 17.0. The van der Waals surface area contributed by atoms with E-state index < -0.39 is 28.5 Å². The third kappa shape index (κ3) is 3.09. The molecule has 2 N–H and O–H groups in total. The van der Waals surface area contributed by atoms with Gasteiger partial charge in [-0.05, 0) is 37.5 Å². The first-order chi connectivity index (χ1) is 11.8. The van der Waals surface area contributed by atoms with Crippen molar-refractivity contribution in [1.82, 2.24) is 20.4 Å². The number of nitrogens with one attached hydrogen (secondary N) is 1. The number of urea groups is 1. The lowest BCUT2D eigenvalue weighted by atomic mass is 9.85. The Morgan fingerprint density at radius 3 is 2.52 bits per heavy atom. The second-order valence-electron chi connectivity index (χ2n) is 7.38. The summed E-state index contributed by atoms with van der Waals surface area (Å²) < 4.78 is 35.6. The van der Waals surface area contributed by atoms with Gasteiger partial charge in [0.2, 0.25) is 0 Å². The summed E-state index contributed by atoms with van der Waals surface area (Å²) in [6.45, 7) is 1.81. The number of hydrogen-bond donors (Lipinski definition) is 2. The molecular weight excluding hydrogens is 352 g/mol. The van der Waals surface area contributed by atoms with Crippen LogP contribution in [0, 0.1) is 5.41 Å². The van der Waals surface area contributed by atoms with Crippen LogP contribution in [0.4, 0.5) is 4.79 Å². The predicted octanol–water partition coefficient (Wildman–Crippen LogP) is -0.103. The molecule has 11 heteroatoms. The van der Waals surface area contributed by atoms with E-state index in [1.165, 1.54) is 4.90 Å². The smallest absolute Gasteiger partial charge is 0.309 e. The van der Waals surface area contributed by atoms with Crippen molar-refractivity contribution in [1.29, 1.82) is 0 Å². The number of nitrogens with zero attached hydrogens (tertiary/aromatic N) is 3. The number of carbonyl (C=O) groups excluding carboxylic acids is 2. The maximum Gasteiger partial charge on any atom is 0.418 e. The predicted molar refractivity (Wildman–Crippen MR) is 84.0 cm³/mol. The Bertz CT molecular complexity index is 687. The summed E-state index contributed by atoms with van der Waals surface area (Å²) in [5.74, 6) is -0.242. The topological polar surface area (TPSA) is 119 Å². The van der Waals surface area contributed by atoms with Crippen LogP contribution in [-0.2, 0) is 19.5 Å². The maximum absolute atomic E-state index is 12.7. The zero-order valence-corrected chi connectivity index (χ0v) is 14.6. The molecule has 4 fully saturated rings. The van der Waals surface area contributed by atoms with E-state index in [4.69, 9.17) is 4.55 Å². The van der Waals surface area contributed by atoms with Crippen LogP contribution in [0.15, 0.2) is 0 Å². The maximum atomic E-state index is 12.7. The van der Waals surface area contributed by atoms with Gasteiger partial charge in [-0.25, -0.2) is 9.80 Å². The number of hydrazine groups is 1. The van der Waals surface area contributed by atoms with E-state index in [1.54, 1.807) is 0 Å². The molecule has 1 aliphatic carbocycles. The molecule has 2 unspecified atom stereocenters. The fourth-order valence-corrected chi connectivity index (χ4v) is 4.66. The summed E-state index contributed by atoms with van der Waals surface area (Å²) in [5, 5.41) is 2.61. The minimum Gasteiger partial charge on any atom is -0.309 e. The summed E-state index contributed by atoms with van der Waals surface area (Å²) in [6.07, 6.45) is 5.28. The van der Waals surface area contributed by atoms with Crippen LogP contribution < -0.4 is 5.43 Å². The van der Waals surface area contributed by atoms with Crippen LogP contribution in [0.5, 0.6) is 0 Å². The molecule has 1 saturated carbocycles. The average Bonchev–Trinajstić information content (AvgIpc) is 3.26. The van der Waals surface area contributed by atoms with E-state index in [0.29, 0.717) is 6.42 Å². The molecule has 3 amide bonds. The van der Waals surface area contributed by atoms with Crippen molar-refractivity contribution in [2.45, 2.75) is 50.6 Å². The Morgan fingerprint density at radius 1 is 1.24 bits per heavy atom. The zero-order chi connectivity index (χ0) is 17.8. The van der Waals surface area contributed by atoms with Gasteiger partial charge < -0.3 is 4.90 Å². The van der Waals surface area contributed by atoms with E-state index in [0.717, 1.165) is 50.3 Å². The molecule has 0 aromatic heterocycles. The van der Waals surface area contributed by atoms with Gasteiger partial charge in [-0.1, -0.05) is 6.42 Å². The Hall–Kier alpha value is -1.43. The SMILES string of the molecule is O=C(NN1CCCCC1)C1CC2(CC2)C2CN1C(=O)N2OS(=O)(=O)O. The number of piperidine rings is 2. The lowest BCUT2D eigenvalue weighted by molar-refractivity contribution is -0.132. The van der Waals surface area contributed by atoms with Crippen molar-refractivity contribution in [2.75, 3.05) is 19.6 Å². The minimum atomic E-state index is -4.79. The normalized spacial score (nSPS) is 31.5. The van der Waals surface area contributed by atoms with E-state index in [9.17, 15) is 18.0 Å². The Morgan fingerprint density at radius 2 is 1.92 bits per heavy atom. The summed E-state index contributed by atoms with van der Waals surface area (Å²) >= 11 is 0. The van der Waals surface area contributed by atoms with Gasteiger partial charge in [0.15, 0.2) is 0 Å². The molecule has 3 saturated heterocycles. The van der Waals surface area contributed by atoms with Crippen molar-refractivity contribution in [3.8, 4) is 0 Å². The second-order valence-corrected chi connectivity index (χ2v) is 8.39. The summed E-state index contributed by atoms with van der Waals surface area (Å²) in [7, 11) is -4.79. The molecule has 140 valence electrons. The molecule has 4 rings (SSSR count). The second kappa shape index (κ2) is 5.79. The average molecular weight is 374 g/mol. The molecule has 3 aliphatic heterocycles. The lowest BCUT2D eigenvalue weighted by Crippen LogP contribution is -2.56. The van der Waals surface area contributed by atoms with E-state index in [2.05, 4.69) is 9.71 Å². The molecule has 1 spiro atoms. The van der Waals surface area contributed by atoms with Gasteiger partial charge in [0.05, 0.1) is 6.04 Å².